The van der Waals surface area contributed by atoms with E-state index in [0.717, 1.165) is 6.42 Å². The summed E-state index contributed by atoms with van der Waals surface area (Å²) in [5.74, 6) is -0.194. The van der Waals surface area contributed by atoms with E-state index in [4.69, 9.17) is 4.74 Å². The van der Waals surface area contributed by atoms with E-state index in [1.54, 1.807) is 0 Å². The summed E-state index contributed by atoms with van der Waals surface area (Å²) >= 11 is 0. The molecule has 1 aromatic rings. The van der Waals surface area contributed by atoms with Crippen molar-refractivity contribution in [3.63, 3.8) is 0 Å². The maximum Gasteiger partial charge on any atom is 0.338 e. The second-order valence-corrected chi connectivity index (χ2v) is 11.7. The molecule has 38 heavy (non-hydrogen) atoms. The molecule has 0 radical (unpaired) electrons. The highest BCUT2D eigenvalue weighted by Crippen LogP contribution is 2.16. The highest BCUT2D eigenvalue weighted by atomic mass is 16.5. The number of benzene rings is 1. The van der Waals surface area contributed by atoms with Gasteiger partial charge in [-0.25, -0.2) is 4.79 Å². The first-order valence-electron chi connectivity index (χ1n) is 17.1. The third-order valence-corrected chi connectivity index (χ3v) is 7.99. The van der Waals surface area contributed by atoms with Crippen LogP contribution in [0.3, 0.4) is 0 Å². The van der Waals surface area contributed by atoms with Crippen LogP contribution in [0.4, 0.5) is 0 Å². The van der Waals surface area contributed by atoms with E-state index < -0.39 is 0 Å². The molecule has 0 spiro atoms. The molecular weight excluding hydrogens is 464 g/mol. The lowest BCUT2D eigenvalue weighted by atomic mass is 10.0. The molecule has 0 unspecified atom stereocenters. The molecule has 0 aromatic heterocycles. The number of carbonyl (C=O) groups is 1. The standard InChI is InChI=1S/C36H64O2/c1-2-3-4-5-6-7-8-9-10-11-12-13-14-15-16-17-18-19-20-21-22-23-24-25-26-27-31-34-38-36(37)35-32-29-28-30-33-35/h28-30,32-33H,2-27,31,34H2,1H3. The molecule has 0 amide bonds. The van der Waals surface area contributed by atoms with Gasteiger partial charge in [0.15, 0.2) is 0 Å². The third-order valence-electron chi connectivity index (χ3n) is 7.99. The first-order valence-corrected chi connectivity index (χ1v) is 17.1. The van der Waals surface area contributed by atoms with E-state index in [0.29, 0.717) is 12.2 Å². The molecule has 0 aliphatic rings. The van der Waals surface area contributed by atoms with E-state index in [-0.39, 0.29) is 5.97 Å². The van der Waals surface area contributed by atoms with Gasteiger partial charge in [-0.1, -0.05) is 192 Å². The van der Waals surface area contributed by atoms with Crippen LogP contribution in [-0.2, 0) is 4.74 Å². The van der Waals surface area contributed by atoms with E-state index in [9.17, 15) is 4.79 Å². The van der Waals surface area contributed by atoms with Gasteiger partial charge in [0, 0.05) is 0 Å². The first kappa shape index (κ1) is 34.7. The lowest BCUT2D eigenvalue weighted by Gasteiger charge is -2.05. The molecule has 1 aromatic carbocycles. The summed E-state index contributed by atoms with van der Waals surface area (Å²) in [6.07, 6.45) is 38.0. The van der Waals surface area contributed by atoms with Gasteiger partial charge in [0.2, 0.25) is 0 Å². The zero-order chi connectivity index (χ0) is 27.2. The molecule has 220 valence electrons. The van der Waals surface area contributed by atoms with Crippen molar-refractivity contribution < 1.29 is 9.53 Å². The van der Waals surface area contributed by atoms with Gasteiger partial charge in [-0.3, -0.25) is 0 Å². The molecule has 0 aliphatic heterocycles. The van der Waals surface area contributed by atoms with Crippen molar-refractivity contribution in [2.24, 2.45) is 0 Å². The average molecular weight is 529 g/mol. The van der Waals surface area contributed by atoms with Gasteiger partial charge in [0.25, 0.3) is 0 Å². The second-order valence-electron chi connectivity index (χ2n) is 11.7. The number of hydrogen-bond acceptors (Lipinski definition) is 2. The van der Waals surface area contributed by atoms with Crippen LogP contribution in [-0.4, -0.2) is 12.6 Å². The Labute approximate surface area is 238 Å². The smallest absolute Gasteiger partial charge is 0.338 e. The average Bonchev–Trinajstić information content (AvgIpc) is 2.95. The van der Waals surface area contributed by atoms with Gasteiger partial charge in [-0.2, -0.15) is 0 Å². The molecule has 0 saturated heterocycles. The summed E-state index contributed by atoms with van der Waals surface area (Å²) in [4.78, 5) is 11.9. The number of carbonyl (C=O) groups excluding carboxylic acids is 1. The van der Waals surface area contributed by atoms with Crippen LogP contribution >= 0.6 is 0 Å². The minimum Gasteiger partial charge on any atom is -0.462 e. The minimum absolute atomic E-state index is 0.194. The molecule has 0 saturated carbocycles. The summed E-state index contributed by atoms with van der Waals surface area (Å²) in [6, 6.07) is 9.28. The van der Waals surface area contributed by atoms with E-state index in [1.807, 2.05) is 30.3 Å². The van der Waals surface area contributed by atoms with Crippen LogP contribution < -0.4 is 0 Å². The van der Waals surface area contributed by atoms with Gasteiger partial charge in [0.1, 0.15) is 0 Å². The molecule has 0 fully saturated rings. The number of ether oxygens (including phenoxy) is 1. The van der Waals surface area contributed by atoms with Crippen LogP contribution in [0, 0.1) is 0 Å². The van der Waals surface area contributed by atoms with Crippen molar-refractivity contribution in [2.75, 3.05) is 6.61 Å². The fraction of sp³-hybridized carbons (Fsp3) is 0.806. The van der Waals surface area contributed by atoms with Crippen molar-refractivity contribution in [1.29, 1.82) is 0 Å². The minimum atomic E-state index is -0.194. The van der Waals surface area contributed by atoms with Gasteiger partial charge in [-0.05, 0) is 18.6 Å². The number of hydrogen-bond donors (Lipinski definition) is 0. The van der Waals surface area contributed by atoms with E-state index in [1.165, 1.54) is 167 Å². The largest absolute Gasteiger partial charge is 0.462 e. The quantitative estimate of drug-likeness (QED) is 0.0763. The molecule has 1 rings (SSSR count). The van der Waals surface area contributed by atoms with Crippen molar-refractivity contribution in [3.8, 4) is 0 Å². The van der Waals surface area contributed by atoms with Crippen LogP contribution in [0.2, 0.25) is 0 Å². The Morgan fingerprint density at radius 2 is 0.737 bits per heavy atom. The molecule has 0 bridgehead atoms. The maximum atomic E-state index is 11.9. The van der Waals surface area contributed by atoms with Crippen LogP contribution in [0.5, 0.6) is 0 Å². The predicted molar refractivity (Wildman–Crippen MR) is 167 cm³/mol. The highest BCUT2D eigenvalue weighted by Gasteiger charge is 2.05. The second kappa shape index (κ2) is 28.7. The van der Waals surface area contributed by atoms with E-state index in [2.05, 4.69) is 6.92 Å². The van der Waals surface area contributed by atoms with Gasteiger partial charge >= 0.3 is 5.97 Å². The number of unbranched alkanes of at least 4 members (excludes halogenated alkanes) is 26. The first-order chi connectivity index (χ1) is 18.8. The summed E-state index contributed by atoms with van der Waals surface area (Å²) in [6.45, 7) is 2.85. The summed E-state index contributed by atoms with van der Waals surface area (Å²) < 4.78 is 5.35. The molecule has 0 heterocycles. The maximum absolute atomic E-state index is 11.9. The molecule has 0 N–H and O–H groups in total. The fourth-order valence-electron chi connectivity index (χ4n) is 5.42. The number of esters is 1. The van der Waals surface area contributed by atoms with Crippen molar-refractivity contribution in [1.82, 2.24) is 0 Å². The normalized spacial score (nSPS) is 11.2. The van der Waals surface area contributed by atoms with Crippen LogP contribution in [0.1, 0.15) is 191 Å². The summed E-state index contributed by atoms with van der Waals surface area (Å²) in [5.41, 5.74) is 0.650. The van der Waals surface area contributed by atoms with Gasteiger partial charge < -0.3 is 4.74 Å². The molecule has 0 aliphatic carbocycles. The zero-order valence-corrected chi connectivity index (χ0v) is 25.5. The Kier molecular flexibility index (Phi) is 26.2. The third kappa shape index (κ3) is 23.8. The van der Waals surface area contributed by atoms with E-state index >= 15 is 0 Å². The monoisotopic (exact) mass is 528 g/mol. The van der Waals surface area contributed by atoms with Crippen molar-refractivity contribution in [3.05, 3.63) is 35.9 Å². The number of rotatable bonds is 29. The van der Waals surface area contributed by atoms with Gasteiger partial charge in [-0.15, -0.1) is 0 Å². The predicted octanol–water partition coefficient (Wildman–Crippen LogP) is 12.4. The Bertz CT molecular complexity index is 597. The molecular formula is C36H64O2. The molecule has 2 nitrogen and oxygen atoms in total. The highest BCUT2D eigenvalue weighted by molar-refractivity contribution is 5.89. The Balaban J connectivity index is 1.66. The molecule has 0 atom stereocenters. The summed E-state index contributed by atoms with van der Waals surface area (Å²) in [7, 11) is 0. The van der Waals surface area contributed by atoms with Crippen molar-refractivity contribution in [2.45, 2.75) is 180 Å². The van der Waals surface area contributed by atoms with Gasteiger partial charge in [0.05, 0.1) is 12.2 Å². The Hall–Kier alpha value is -1.31. The van der Waals surface area contributed by atoms with Crippen molar-refractivity contribution >= 4 is 5.97 Å². The summed E-state index contributed by atoms with van der Waals surface area (Å²) in [5, 5.41) is 0. The molecule has 2 heteroatoms. The lowest BCUT2D eigenvalue weighted by Crippen LogP contribution is -2.06. The Morgan fingerprint density at radius 3 is 1.05 bits per heavy atom. The SMILES string of the molecule is CCCCCCCCCCCCCCCCCCCCCCCCCCCCCOC(=O)c1ccccc1. The topological polar surface area (TPSA) is 26.3 Å². The fourth-order valence-corrected chi connectivity index (χ4v) is 5.42. The van der Waals surface area contributed by atoms with Crippen LogP contribution in [0.15, 0.2) is 30.3 Å². The lowest BCUT2D eigenvalue weighted by molar-refractivity contribution is 0.0497. The van der Waals surface area contributed by atoms with Crippen LogP contribution in [0.25, 0.3) is 0 Å². The zero-order valence-electron chi connectivity index (χ0n) is 25.5. The Morgan fingerprint density at radius 1 is 0.447 bits per heavy atom.